The molecule has 0 amide bonds. The van der Waals surface area contributed by atoms with E-state index in [9.17, 15) is 18.3 Å². The minimum absolute atomic E-state index is 0.0394. The summed E-state index contributed by atoms with van der Waals surface area (Å²) in [4.78, 5) is 4.43. The number of aromatic nitrogens is 1. The first-order valence-corrected chi connectivity index (χ1v) is 9.43. The van der Waals surface area contributed by atoms with Crippen molar-refractivity contribution in [3.05, 3.63) is 101 Å². The first-order chi connectivity index (χ1) is 14.3. The summed E-state index contributed by atoms with van der Waals surface area (Å²) in [6.07, 6.45) is -3.78. The van der Waals surface area contributed by atoms with Gasteiger partial charge in [-0.05, 0) is 35.4 Å². The topological polar surface area (TPSA) is 54.4 Å². The van der Waals surface area contributed by atoms with Crippen LogP contribution in [0.5, 0.6) is 0 Å². The predicted octanol–water partition coefficient (Wildman–Crippen LogP) is 4.14. The predicted molar refractivity (Wildman–Crippen MR) is 108 cm³/mol. The Kier molecular flexibility index (Phi) is 6.87. The number of methoxy groups -OCH3 is 1. The zero-order valence-corrected chi connectivity index (χ0v) is 16.4. The summed E-state index contributed by atoms with van der Waals surface area (Å²) in [6.45, 7) is -0.0394. The van der Waals surface area contributed by atoms with Crippen LogP contribution in [0.15, 0.2) is 79.0 Å². The van der Waals surface area contributed by atoms with Crippen LogP contribution in [0.1, 0.15) is 22.4 Å². The molecule has 0 fully saturated rings. The zero-order valence-electron chi connectivity index (χ0n) is 16.4. The molecule has 3 aromatic rings. The van der Waals surface area contributed by atoms with Crippen molar-refractivity contribution in [3.63, 3.8) is 0 Å². The molecular weight excluding hydrogens is 393 g/mol. The molecule has 0 aliphatic carbocycles. The third kappa shape index (κ3) is 5.05. The second-order valence-corrected chi connectivity index (χ2v) is 6.98. The molecule has 2 N–H and O–H groups in total. The number of pyridine rings is 1. The van der Waals surface area contributed by atoms with E-state index in [0.29, 0.717) is 11.3 Å². The SMILES string of the molecule is COC[C@H](O)NC(Cc1ccccc1)(c1cccc(C(F)(F)F)c1)c1ccccn1. The van der Waals surface area contributed by atoms with E-state index in [1.54, 1.807) is 30.5 Å². The van der Waals surface area contributed by atoms with Crippen molar-refractivity contribution in [2.24, 2.45) is 0 Å². The molecule has 2 aromatic carbocycles. The molecule has 0 spiro atoms. The molecule has 4 nitrogen and oxygen atoms in total. The molecule has 0 aliphatic rings. The number of hydrogen-bond acceptors (Lipinski definition) is 4. The summed E-state index contributed by atoms with van der Waals surface area (Å²) in [5, 5.41) is 13.6. The lowest BCUT2D eigenvalue weighted by Gasteiger charge is -2.37. The van der Waals surface area contributed by atoms with E-state index < -0.39 is 23.5 Å². The molecule has 7 heteroatoms. The van der Waals surface area contributed by atoms with Crippen molar-refractivity contribution in [1.29, 1.82) is 0 Å². The lowest BCUT2D eigenvalue weighted by Crippen LogP contribution is -2.52. The average molecular weight is 416 g/mol. The Labute approximate surface area is 173 Å². The van der Waals surface area contributed by atoms with Crippen LogP contribution < -0.4 is 5.32 Å². The normalized spacial score (nSPS) is 14.8. The van der Waals surface area contributed by atoms with Gasteiger partial charge >= 0.3 is 6.18 Å². The van der Waals surface area contributed by atoms with Crippen LogP contribution in [0.2, 0.25) is 0 Å². The number of benzene rings is 2. The maximum atomic E-state index is 13.5. The fourth-order valence-electron chi connectivity index (χ4n) is 3.51. The quantitative estimate of drug-likeness (QED) is 0.542. The number of hydrogen-bond donors (Lipinski definition) is 2. The Hall–Kier alpha value is -2.74. The number of ether oxygens (including phenoxy) is 1. The third-order valence-electron chi connectivity index (χ3n) is 4.83. The molecule has 2 atom stereocenters. The molecule has 30 heavy (non-hydrogen) atoms. The molecule has 0 aliphatic heterocycles. The number of aliphatic hydroxyl groups excluding tert-OH is 1. The first kappa shape index (κ1) is 22.0. The molecule has 1 unspecified atom stereocenters. The Morgan fingerprint density at radius 1 is 0.967 bits per heavy atom. The van der Waals surface area contributed by atoms with Gasteiger partial charge in [0.05, 0.1) is 23.4 Å². The van der Waals surface area contributed by atoms with E-state index in [4.69, 9.17) is 4.74 Å². The van der Waals surface area contributed by atoms with Gasteiger partial charge in [0.2, 0.25) is 0 Å². The minimum Gasteiger partial charge on any atom is -0.381 e. The van der Waals surface area contributed by atoms with Crippen molar-refractivity contribution in [3.8, 4) is 0 Å². The molecular formula is C23H23F3N2O2. The fraction of sp³-hybridized carbons (Fsp3) is 0.261. The van der Waals surface area contributed by atoms with Crippen LogP contribution in [-0.4, -0.2) is 30.0 Å². The van der Waals surface area contributed by atoms with Gasteiger partial charge in [-0.1, -0.05) is 48.5 Å². The first-order valence-electron chi connectivity index (χ1n) is 9.43. The summed E-state index contributed by atoms with van der Waals surface area (Å²) in [7, 11) is 1.44. The van der Waals surface area contributed by atoms with Gasteiger partial charge in [-0.3, -0.25) is 10.3 Å². The standard InChI is InChI=1S/C23H23F3N2O2/c1-30-16-21(29)28-22(20-12-5-6-13-27-20,15-17-8-3-2-4-9-17)18-10-7-11-19(14-18)23(24,25)26/h2-14,21,28-29H,15-16H2,1H3/t21-,22?/m0/s1. The summed E-state index contributed by atoms with van der Waals surface area (Å²) in [5.74, 6) is 0. The summed E-state index contributed by atoms with van der Waals surface area (Å²) in [5.41, 5.74) is -0.283. The fourth-order valence-corrected chi connectivity index (χ4v) is 3.51. The summed E-state index contributed by atoms with van der Waals surface area (Å²) < 4.78 is 45.4. The summed E-state index contributed by atoms with van der Waals surface area (Å²) in [6, 6.07) is 19.7. The highest BCUT2D eigenvalue weighted by molar-refractivity contribution is 5.40. The van der Waals surface area contributed by atoms with Crippen LogP contribution in [-0.2, 0) is 22.9 Å². The second kappa shape index (κ2) is 9.38. The maximum Gasteiger partial charge on any atom is 0.416 e. The van der Waals surface area contributed by atoms with E-state index in [1.807, 2.05) is 30.3 Å². The van der Waals surface area contributed by atoms with Gasteiger partial charge in [0, 0.05) is 19.7 Å². The highest BCUT2D eigenvalue weighted by atomic mass is 19.4. The zero-order chi connectivity index (χ0) is 21.6. The van der Waals surface area contributed by atoms with Crippen LogP contribution in [0.3, 0.4) is 0 Å². The molecule has 1 heterocycles. The highest BCUT2D eigenvalue weighted by Crippen LogP contribution is 2.37. The minimum atomic E-state index is -4.50. The number of nitrogens with zero attached hydrogens (tertiary/aromatic N) is 1. The number of aliphatic hydroxyl groups is 1. The van der Waals surface area contributed by atoms with Gasteiger partial charge < -0.3 is 9.84 Å². The van der Waals surface area contributed by atoms with Gasteiger partial charge in [-0.15, -0.1) is 0 Å². The Morgan fingerprint density at radius 2 is 1.67 bits per heavy atom. The maximum absolute atomic E-state index is 13.5. The van der Waals surface area contributed by atoms with E-state index in [1.165, 1.54) is 13.2 Å². The van der Waals surface area contributed by atoms with Gasteiger partial charge in [0.15, 0.2) is 0 Å². The monoisotopic (exact) mass is 416 g/mol. The number of rotatable bonds is 8. The van der Waals surface area contributed by atoms with Crippen LogP contribution in [0.4, 0.5) is 13.2 Å². The van der Waals surface area contributed by atoms with Gasteiger partial charge in [0.25, 0.3) is 0 Å². The molecule has 0 saturated carbocycles. The lowest BCUT2D eigenvalue weighted by atomic mass is 9.79. The van der Waals surface area contributed by atoms with E-state index >= 15 is 0 Å². The average Bonchev–Trinajstić information content (AvgIpc) is 2.74. The molecule has 0 radical (unpaired) electrons. The second-order valence-electron chi connectivity index (χ2n) is 6.98. The lowest BCUT2D eigenvalue weighted by molar-refractivity contribution is -0.137. The molecule has 0 saturated heterocycles. The van der Waals surface area contributed by atoms with Crippen molar-refractivity contribution < 1.29 is 23.0 Å². The van der Waals surface area contributed by atoms with Crippen LogP contribution >= 0.6 is 0 Å². The van der Waals surface area contributed by atoms with Gasteiger partial charge in [0.1, 0.15) is 6.23 Å². The number of nitrogens with one attached hydrogen (secondary N) is 1. The molecule has 1 aromatic heterocycles. The number of alkyl halides is 3. The van der Waals surface area contributed by atoms with Crippen molar-refractivity contribution in [2.45, 2.75) is 24.4 Å². The van der Waals surface area contributed by atoms with Crippen LogP contribution in [0.25, 0.3) is 0 Å². The largest absolute Gasteiger partial charge is 0.416 e. The van der Waals surface area contributed by atoms with Crippen molar-refractivity contribution in [1.82, 2.24) is 10.3 Å². The third-order valence-corrected chi connectivity index (χ3v) is 4.83. The van der Waals surface area contributed by atoms with Crippen molar-refractivity contribution >= 4 is 0 Å². The Morgan fingerprint density at radius 3 is 2.30 bits per heavy atom. The van der Waals surface area contributed by atoms with Crippen LogP contribution in [0, 0.1) is 0 Å². The highest BCUT2D eigenvalue weighted by Gasteiger charge is 2.39. The van der Waals surface area contributed by atoms with Crippen molar-refractivity contribution in [2.75, 3.05) is 13.7 Å². The Balaban J connectivity index is 2.21. The van der Waals surface area contributed by atoms with E-state index in [-0.39, 0.29) is 13.0 Å². The van der Waals surface area contributed by atoms with E-state index in [2.05, 4.69) is 10.3 Å². The molecule has 0 bridgehead atoms. The smallest absolute Gasteiger partial charge is 0.381 e. The van der Waals surface area contributed by atoms with Gasteiger partial charge in [-0.2, -0.15) is 13.2 Å². The Bertz CT molecular complexity index is 936. The van der Waals surface area contributed by atoms with E-state index in [0.717, 1.165) is 17.7 Å². The molecule has 158 valence electrons. The summed E-state index contributed by atoms with van der Waals surface area (Å²) >= 11 is 0. The van der Waals surface area contributed by atoms with Gasteiger partial charge in [-0.25, -0.2) is 0 Å². The number of halogens is 3. The molecule has 3 rings (SSSR count).